The van der Waals surface area contributed by atoms with Gasteiger partial charge in [-0.1, -0.05) is 20.8 Å². The van der Waals surface area contributed by atoms with E-state index in [0.717, 1.165) is 24.5 Å². The molecule has 0 amide bonds. The van der Waals surface area contributed by atoms with Crippen LogP contribution in [0.5, 0.6) is 0 Å². The fourth-order valence-electron chi connectivity index (χ4n) is 3.19. The molecule has 0 aromatic carbocycles. The molecule has 18 heavy (non-hydrogen) atoms. The zero-order valence-corrected chi connectivity index (χ0v) is 13.0. The van der Waals surface area contributed by atoms with Gasteiger partial charge in [0.1, 0.15) is 0 Å². The van der Waals surface area contributed by atoms with E-state index < -0.39 is 0 Å². The van der Waals surface area contributed by atoms with E-state index in [1.54, 1.807) is 0 Å². The largest absolute Gasteiger partial charge is 0.314 e. The highest BCUT2D eigenvalue weighted by Crippen LogP contribution is 2.26. The summed E-state index contributed by atoms with van der Waals surface area (Å²) in [4.78, 5) is 2.62. The van der Waals surface area contributed by atoms with Crippen LogP contribution in [0.3, 0.4) is 0 Å². The van der Waals surface area contributed by atoms with Crippen LogP contribution >= 0.6 is 0 Å². The van der Waals surface area contributed by atoms with E-state index in [2.05, 4.69) is 38.0 Å². The Morgan fingerprint density at radius 2 is 1.83 bits per heavy atom. The third-order valence-corrected chi connectivity index (χ3v) is 4.66. The molecule has 0 bridgehead atoms. The van der Waals surface area contributed by atoms with Crippen LogP contribution in [0.1, 0.15) is 65.7 Å². The minimum absolute atomic E-state index is 0.731. The Kier molecular flexibility index (Phi) is 7.92. The molecule has 1 aliphatic rings. The van der Waals surface area contributed by atoms with Crippen molar-refractivity contribution in [3.63, 3.8) is 0 Å². The second kappa shape index (κ2) is 8.92. The maximum atomic E-state index is 3.57. The van der Waals surface area contributed by atoms with Gasteiger partial charge in [-0.05, 0) is 71.0 Å². The van der Waals surface area contributed by atoms with Crippen LogP contribution in [0.25, 0.3) is 0 Å². The van der Waals surface area contributed by atoms with Crippen molar-refractivity contribution in [2.24, 2.45) is 5.92 Å². The molecule has 2 nitrogen and oxygen atoms in total. The predicted molar refractivity (Wildman–Crippen MR) is 81.0 cm³/mol. The summed E-state index contributed by atoms with van der Waals surface area (Å²) >= 11 is 0. The first-order valence-corrected chi connectivity index (χ1v) is 8.10. The summed E-state index contributed by atoms with van der Waals surface area (Å²) in [6, 6.07) is 1.59. The molecule has 0 aliphatic heterocycles. The lowest BCUT2D eigenvalue weighted by atomic mass is 9.86. The Morgan fingerprint density at radius 1 is 1.17 bits per heavy atom. The van der Waals surface area contributed by atoms with Gasteiger partial charge in [0.05, 0.1) is 0 Å². The van der Waals surface area contributed by atoms with Gasteiger partial charge in [0.15, 0.2) is 0 Å². The lowest BCUT2D eigenvalue weighted by molar-refractivity contribution is 0.166. The van der Waals surface area contributed by atoms with Gasteiger partial charge >= 0.3 is 0 Å². The minimum Gasteiger partial charge on any atom is -0.314 e. The van der Waals surface area contributed by atoms with Gasteiger partial charge in [-0.2, -0.15) is 0 Å². The zero-order chi connectivity index (χ0) is 13.4. The van der Waals surface area contributed by atoms with Crippen molar-refractivity contribution in [3.8, 4) is 0 Å². The third kappa shape index (κ3) is 5.71. The number of nitrogens with one attached hydrogen (secondary N) is 1. The predicted octanol–water partition coefficient (Wildman–Crippen LogP) is 3.67. The quantitative estimate of drug-likeness (QED) is 0.711. The van der Waals surface area contributed by atoms with Crippen molar-refractivity contribution in [3.05, 3.63) is 0 Å². The van der Waals surface area contributed by atoms with Gasteiger partial charge < -0.3 is 10.2 Å². The van der Waals surface area contributed by atoms with Crippen LogP contribution < -0.4 is 5.32 Å². The zero-order valence-electron chi connectivity index (χ0n) is 13.0. The molecule has 0 aromatic rings. The summed E-state index contributed by atoms with van der Waals surface area (Å²) in [7, 11) is 2.33. The SMILES string of the molecule is CCNC(CC)CCCN(C)C1CCC(C)CC1. The van der Waals surface area contributed by atoms with Crippen LogP contribution in [-0.4, -0.2) is 37.1 Å². The van der Waals surface area contributed by atoms with Crippen molar-refractivity contribution in [2.45, 2.75) is 77.8 Å². The molecule has 0 radical (unpaired) electrons. The minimum atomic E-state index is 0.731. The highest BCUT2D eigenvalue weighted by Gasteiger charge is 2.21. The Bertz CT molecular complexity index is 197. The Balaban J connectivity index is 2.14. The van der Waals surface area contributed by atoms with E-state index in [4.69, 9.17) is 0 Å². The summed E-state index contributed by atoms with van der Waals surface area (Å²) < 4.78 is 0. The van der Waals surface area contributed by atoms with Gasteiger partial charge in [0.25, 0.3) is 0 Å². The lowest BCUT2D eigenvalue weighted by Gasteiger charge is -2.33. The highest BCUT2D eigenvalue weighted by atomic mass is 15.1. The maximum absolute atomic E-state index is 3.57. The second-order valence-corrected chi connectivity index (χ2v) is 6.20. The molecule has 0 heterocycles. The van der Waals surface area contributed by atoms with Crippen LogP contribution in [-0.2, 0) is 0 Å². The van der Waals surface area contributed by atoms with Crippen molar-refractivity contribution in [2.75, 3.05) is 20.1 Å². The standard InChI is InChI=1S/C16H34N2/c1-5-15(17-6-2)8-7-13-18(4)16-11-9-14(3)10-12-16/h14-17H,5-13H2,1-4H3. The number of rotatable bonds is 8. The normalized spacial score (nSPS) is 26.5. The van der Waals surface area contributed by atoms with Crippen molar-refractivity contribution in [1.29, 1.82) is 0 Å². The van der Waals surface area contributed by atoms with Crippen LogP contribution in [0, 0.1) is 5.92 Å². The van der Waals surface area contributed by atoms with E-state index in [-0.39, 0.29) is 0 Å². The van der Waals surface area contributed by atoms with Crippen molar-refractivity contribution < 1.29 is 0 Å². The molecule has 0 spiro atoms. The van der Waals surface area contributed by atoms with Crippen molar-refractivity contribution >= 4 is 0 Å². The molecule has 1 rings (SSSR count). The lowest BCUT2D eigenvalue weighted by Crippen LogP contribution is -2.36. The summed E-state index contributed by atoms with van der Waals surface area (Å²) in [6.07, 6.45) is 9.64. The monoisotopic (exact) mass is 254 g/mol. The number of nitrogens with zero attached hydrogens (tertiary/aromatic N) is 1. The fourth-order valence-corrected chi connectivity index (χ4v) is 3.19. The first kappa shape index (κ1) is 16.0. The molecule has 1 atom stereocenters. The van der Waals surface area contributed by atoms with Crippen LogP contribution in [0.4, 0.5) is 0 Å². The van der Waals surface area contributed by atoms with E-state index >= 15 is 0 Å². The molecule has 1 aliphatic carbocycles. The molecule has 1 unspecified atom stereocenters. The Morgan fingerprint density at radius 3 is 2.39 bits per heavy atom. The molecular weight excluding hydrogens is 220 g/mol. The maximum Gasteiger partial charge on any atom is 0.00924 e. The summed E-state index contributed by atoms with van der Waals surface area (Å²) in [5.74, 6) is 0.966. The Labute approximate surface area is 115 Å². The van der Waals surface area contributed by atoms with E-state index in [1.807, 2.05) is 0 Å². The molecular formula is C16H34N2. The average molecular weight is 254 g/mol. The van der Waals surface area contributed by atoms with Gasteiger partial charge in [0, 0.05) is 12.1 Å². The van der Waals surface area contributed by atoms with Crippen molar-refractivity contribution in [1.82, 2.24) is 10.2 Å². The molecule has 0 aromatic heterocycles. The molecule has 1 fully saturated rings. The molecule has 108 valence electrons. The fraction of sp³-hybridized carbons (Fsp3) is 1.00. The number of hydrogen-bond acceptors (Lipinski definition) is 2. The summed E-state index contributed by atoms with van der Waals surface area (Å²) in [5.41, 5.74) is 0. The van der Waals surface area contributed by atoms with Crippen LogP contribution in [0.15, 0.2) is 0 Å². The van der Waals surface area contributed by atoms with E-state index in [9.17, 15) is 0 Å². The van der Waals surface area contributed by atoms with E-state index in [1.165, 1.54) is 51.5 Å². The Hall–Kier alpha value is -0.0800. The van der Waals surface area contributed by atoms with Crippen LogP contribution in [0.2, 0.25) is 0 Å². The highest BCUT2D eigenvalue weighted by molar-refractivity contribution is 4.77. The first-order valence-electron chi connectivity index (χ1n) is 8.10. The second-order valence-electron chi connectivity index (χ2n) is 6.20. The van der Waals surface area contributed by atoms with Gasteiger partial charge in [-0.15, -0.1) is 0 Å². The van der Waals surface area contributed by atoms with Gasteiger partial charge in [-0.25, -0.2) is 0 Å². The molecule has 1 N–H and O–H groups in total. The average Bonchev–Trinajstić information content (AvgIpc) is 2.38. The molecule has 1 saturated carbocycles. The molecule has 0 saturated heterocycles. The van der Waals surface area contributed by atoms with E-state index in [0.29, 0.717) is 0 Å². The molecule has 2 heteroatoms. The smallest absolute Gasteiger partial charge is 0.00924 e. The topological polar surface area (TPSA) is 15.3 Å². The summed E-state index contributed by atoms with van der Waals surface area (Å²) in [6.45, 7) is 9.28. The number of hydrogen-bond donors (Lipinski definition) is 1. The first-order chi connectivity index (χ1) is 8.67. The summed E-state index contributed by atoms with van der Waals surface area (Å²) in [5, 5.41) is 3.57. The third-order valence-electron chi connectivity index (χ3n) is 4.66. The van der Waals surface area contributed by atoms with Gasteiger partial charge in [0.2, 0.25) is 0 Å². The van der Waals surface area contributed by atoms with Gasteiger partial charge in [-0.3, -0.25) is 0 Å².